The number of hydrogen-bond donors (Lipinski definition) is 1. The Morgan fingerprint density at radius 3 is 2.41 bits per heavy atom. The number of benzene rings is 1. The Kier molecular flexibility index (Phi) is 6.20. The van der Waals surface area contributed by atoms with Gasteiger partial charge >= 0.3 is 6.18 Å². The van der Waals surface area contributed by atoms with Gasteiger partial charge in [0.05, 0.1) is 16.3 Å². The molecule has 3 nitrogen and oxygen atoms in total. The lowest BCUT2D eigenvalue weighted by atomic mass is 10.2. The van der Waals surface area contributed by atoms with Gasteiger partial charge in [0, 0.05) is 12.1 Å². The molecule has 0 aliphatic carbocycles. The zero-order valence-electron chi connectivity index (χ0n) is 11.1. The smallest absolute Gasteiger partial charge is 0.416 e. The maximum Gasteiger partial charge on any atom is 0.416 e. The predicted molar refractivity (Wildman–Crippen MR) is 71.7 cm³/mol. The van der Waals surface area contributed by atoms with E-state index in [0.717, 1.165) is 18.2 Å². The average Bonchev–Trinajstić information content (AvgIpc) is 2.41. The van der Waals surface area contributed by atoms with E-state index in [1.54, 1.807) is 35.2 Å². The lowest BCUT2D eigenvalue weighted by molar-refractivity contribution is -0.684. The van der Waals surface area contributed by atoms with Crippen LogP contribution in [-0.2, 0) is 17.5 Å². The minimum Gasteiger partial charge on any atom is -1.00 e. The first-order valence-electron chi connectivity index (χ1n) is 5.97. The van der Waals surface area contributed by atoms with Gasteiger partial charge in [-0.05, 0) is 18.2 Å². The molecule has 0 unspecified atom stereocenters. The van der Waals surface area contributed by atoms with Crippen LogP contribution in [0.15, 0.2) is 48.8 Å². The average molecular weight is 351 g/mol. The van der Waals surface area contributed by atoms with Crippen LogP contribution >= 0.6 is 11.6 Å². The van der Waals surface area contributed by atoms with Crippen molar-refractivity contribution in [3.8, 4) is 0 Å². The number of anilines is 1. The lowest BCUT2D eigenvalue weighted by Crippen LogP contribution is -3.00. The molecule has 1 heterocycles. The molecular formula is C14H11Cl2F3N2O. The number of nitrogens with one attached hydrogen (secondary N) is 1. The normalized spacial score (nSPS) is 10.7. The van der Waals surface area contributed by atoms with Crippen molar-refractivity contribution in [1.29, 1.82) is 0 Å². The lowest BCUT2D eigenvalue weighted by Gasteiger charge is -2.10. The van der Waals surface area contributed by atoms with Gasteiger partial charge in [-0.15, -0.1) is 0 Å². The van der Waals surface area contributed by atoms with Crippen LogP contribution in [-0.4, -0.2) is 5.91 Å². The number of carbonyl (C=O) groups excluding carboxylic acids is 1. The molecule has 0 fully saturated rings. The third-order valence-corrected chi connectivity index (χ3v) is 3.00. The first-order chi connectivity index (χ1) is 9.86. The molecule has 0 spiro atoms. The molecule has 2 rings (SSSR count). The van der Waals surface area contributed by atoms with Gasteiger partial charge in [0.15, 0.2) is 12.4 Å². The quantitative estimate of drug-likeness (QED) is 0.793. The summed E-state index contributed by atoms with van der Waals surface area (Å²) in [6, 6.07) is 8.06. The summed E-state index contributed by atoms with van der Waals surface area (Å²) in [6.07, 6.45) is -1.14. The van der Waals surface area contributed by atoms with E-state index in [9.17, 15) is 18.0 Å². The third-order valence-electron chi connectivity index (χ3n) is 2.67. The van der Waals surface area contributed by atoms with Crippen molar-refractivity contribution in [3.05, 3.63) is 59.4 Å². The summed E-state index contributed by atoms with van der Waals surface area (Å²) in [7, 11) is 0. The maximum atomic E-state index is 12.6. The van der Waals surface area contributed by atoms with Crippen molar-refractivity contribution in [2.24, 2.45) is 0 Å². The Bertz CT molecular complexity index is 648. The van der Waals surface area contributed by atoms with Gasteiger partial charge in [-0.25, -0.2) is 0 Å². The van der Waals surface area contributed by atoms with Crippen LogP contribution < -0.4 is 22.3 Å². The number of pyridine rings is 1. The number of alkyl halides is 3. The van der Waals surface area contributed by atoms with E-state index < -0.39 is 17.6 Å². The number of hydrogen-bond acceptors (Lipinski definition) is 1. The molecule has 0 aliphatic rings. The van der Waals surface area contributed by atoms with E-state index in [-0.39, 0.29) is 29.7 Å². The van der Waals surface area contributed by atoms with Gasteiger partial charge in [0.25, 0.3) is 5.91 Å². The first kappa shape index (κ1) is 18.3. The Morgan fingerprint density at radius 1 is 1.18 bits per heavy atom. The SMILES string of the molecule is O=C(C[n+]1ccccc1)Nc1cc(C(F)(F)F)ccc1Cl.[Cl-]. The van der Waals surface area contributed by atoms with E-state index in [2.05, 4.69) is 5.32 Å². The monoisotopic (exact) mass is 350 g/mol. The molecule has 8 heteroatoms. The summed E-state index contributed by atoms with van der Waals surface area (Å²) in [5.41, 5.74) is -0.928. The maximum absolute atomic E-state index is 12.6. The fraction of sp³-hybridized carbons (Fsp3) is 0.143. The second kappa shape index (κ2) is 7.47. The van der Waals surface area contributed by atoms with Crippen LogP contribution in [0.1, 0.15) is 5.56 Å². The fourth-order valence-electron chi connectivity index (χ4n) is 1.69. The van der Waals surface area contributed by atoms with Crippen LogP contribution in [0, 0.1) is 0 Å². The molecule has 2 aromatic rings. The Balaban J connectivity index is 0.00000242. The standard InChI is InChI=1S/C14H10ClF3N2O.ClH/c15-11-5-4-10(14(16,17)18)8-12(11)19-13(21)9-20-6-2-1-3-7-20;/h1-8H,9H2;1H. The fourth-order valence-corrected chi connectivity index (χ4v) is 1.86. The van der Waals surface area contributed by atoms with Crippen molar-refractivity contribution in [1.82, 2.24) is 0 Å². The molecule has 118 valence electrons. The van der Waals surface area contributed by atoms with Gasteiger partial charge in [-0.2, -0.15) is 17.7 Å². The van der Waals surface area contributed by atoms with Crippen molar-refractivity contribution < 1.29 is 34.9 Å². The summed E-state index contributed by atoms with van der Waals surface area (Å²) in [4.78, 5) is 11.8. The third kappa shape index (κ3) is 4.89. The molecule has 1 aromatic carbocycles. The zero-order chi connectivity index (χ0) is 15.5. The number of halogens is 5. The second-order valence-corrected chi connectivity index (χ2v) is 4.70. The van der Waals surface area contributed by atoms with Crippen LogP contribution in [0.2, 0.25) is 5.02 Å². The topological polar surface area (TPSA) is 33.0 Å². The summed E-state index contributed by atoms with van der Waals surface area (Å²) < 4.78 is 39.5. The van der Waals surface area contributed by atoms with Crippen molar-refractivity contribution >= 4 is 23.2 Å². The first-order valence-corrected chi connectivity index (χ1v) is 6.35. The Hall–Kier alpha value is -1.79. The molecule has 0 saturated carbocycles. The summed E-state index contributed by atoms with van der Waals surface area (Å²) >= 11 is 5.80. The number of rotatable bonds is 3. The van der Waals surface area contributed by atoms with E-state index in [4.69, 9.17) is 11.6 Å². The largest absolute Gasteiger partial charge is 1.00 e. The second-order valence-electron chi connectivity index (χ2n) is 4.29. The Labute approximate surface area is 136 Å². The Morgan fingerprint density at radius 2 is 1.82 bits per heavy atom. The molecule has 1 aromatic heterocycles. The number of carbonyl (C=O) groups is 1. The summed E-state index contributed by atoms with van der Waals surface area (Å²) in [5, 5.41) is 2.43. The van der Waals surface area contributed by atoms with E-state index >= 15 is 0 Å². The highest BCUT2D eigenvalue weighted by molar-refractivity contribution is 6.33. The highest BCUT2D eigenvalue weighted by atomic mass is 35.5. The minimum absolute atomic E-state index is 0. The highest BCUT2D eigenvalue weighted by Crippen LogP contribution is 2.33. The van der Waals surface area contributed by atoms with E-state index in [1.807, 2.05) is 0 Å². The van der Waals surface area contributed by atoms with Gasteiger partial charge < -0.3 is 17.7 Å². The zero-order valence-corrected chi connectivity index (χ0v) is 12.6. The van der Waals surface area contributed by atoms with Gasteiger partial charge in [0.2, 0.25) is 6.54 Å². The van der Waals surface area contributed by atoms with Crippen molar-refractivity contribution in [3.63, 3.8) is 0 Å². The molecular weight excluding hydrogens is 340 g/mol. The summed E-state index contributed by atoms with van der Waals surface area (Å²) in [5.74, 6) is -0.465. The number of aromatic nitrogens is 1. The van der Waals surface area contributed by atoms with E-state index in [0.29, 0.717) is 0 Å². The summed E-state index contributed by atoms with van der Waals surface area (Å²) in [6.45, 7) is -0.0204. The molecule has 22 heavy (non-hydrogen) atoms. The predicted octanol–water partition coefficient (Wildman–Crippen LogP) is 0.289. The van der Waals surface area contributed by atoms with Gasteiger partial charge in [0.1, 0.15) is 0 Å². The molecule has 0 atom stereocenters. The van der Waals surface area contributed by atoms with Gasteiger partial charge in [-0.3, -0.25) is 4.79 Å². The van der Waals surface area contributed by atoms with E-state index in [1.165, 1.54) is 0 Å². The highest BCUT2D eigenvalue weighted by Gasteiger charge is 2.31. The molecule has 0 radical (unpaired) electrons. The van der Waals surface area contributed by atoms with Crippen LogP contribution in [0.25, 0.3) is 0 Å². The number of amides is 1. The molecule has 0 bridgehead atoms. The number of nitrogens with zero attached hydrogens (tertiary/aromatic N) is 1. The van der Waals surface area contributed by atoms with Crippen molar-refractivity contribution in [2.45, 2.75) is 12.7 Å². The molecule has 0 aliphatic heterocycles. The molecule has 0 saturated heterocycles. The van der Waals surface area contributed by atoms with Crippen LogP contribution in [0.5, 0.6) is 0 Å². The van der Waals surface area contributed by atoms with Crippen LogP contribution in [0.3, 0.4) is 0 Å². The minimum atomic E-state index is -4.49. The molecule has 1 N–H and O–H groups in total. The van der Waals surface area contributed by atoms with Crippen molar-refractivity contribution in [2.75, 3.05) is 5.32 Å². The van der Waals surface area contributed by atoms with Crippen LogP contribution in [0.4, 0.5) is 18.9 Å². The molecule has 1 amide bonds. The van der Waals surface area contributed by atoms with Gasteiger partial charge in [-0.1, -0.05) is 17.7 Å².